The van der Waals surface area contributed by atoms with Crippen LogP contribution in [-0.4, -0.2) is 24.7 Å². The monoisotopic (exact) mass is 211 g/mol. The molecule has 1 aliphatic rings. The highest BCUT2D eigenvalue weighted by molar-refractivity contribution is 5.83. The molecule has 0 radical (unpaired) electrons. The number of nitrogens with one attached hydrogen (secondary N) is 1. The molecule has 0 aromatic carbocycles. The SMILES string of the molecule is CC(C)(C)OC(=O)/C=C1\CCCNCC1. The van der Waals surface area contributed by atoms with E-state index in [1.54, 1.807) is 6.08 Å². The van der Waals surface area contributed by atoms with Crippen molar-refractivity contribution in [1.29, 1.82) is 0 Å². The van der Waals surface area contributed by atoms with Gasteiger partial charge in [0.1, 0.15) is 5.60 Å². The lowest BCUT2D eigenvalue weighted by atomic mass is 10.1. The zero-order valence-corrected chi connectivity index (χ0v) is 9.93. The van der Waals surface area contributed by atoms with E-state index in [0.717, 1.165) is 32.4 Å². The highest BCUT2D eigenvalue weighted by Crippen LogP contribution is 2.14. The van der Waals surface area contributed by atoms with Gasteiger partial charge in [-0.1, -0.05) is 5.57 Å². The van der Waals surface area contributed by atoms with Gasteiger partial charge in [0.25, 0.3) is 0 Å². The lowest BCUT2D eigenvalue weighted by Gasteiger charge is -2.18. The molecular weight excluding hydrogens is 190 g/mol. The van der Waals surface area contributed by atoms with Crippen LogP contribution in [0.1, 0.15) is 40.0 Å². The van der Waals surface area contributed by atoms with Gasteiger partial charge >= 0.3 is 5.97 Å². The Morgan fingerprint density at radius 3 is 2.73 bits per heavy atom. The molecule has 0 aromatic rings. The zero-order chi connectivity index (χ0) is 11.3. The van der Waals surface area contributed by atoms with Crippen molar-refractivity contribution in [3.8, 4) is 0 Å². The molecule has 1 aliphatic heterocycles. The number of esters is 1. The van der Waals surface area contributed by atoms with Crippen molar-refractivity contribution >= 4 is 5.97 Å². The fourth-order valence-corrected chi connectivity index (χ4v) is 1.58. The van der Waals surface area contributed by atoms with Gasteiger partial charge in [-0.05, 0) is 53.1 Å². The Morgan fingerprint density at radius 2 is 2.07 bits per heavy atom. The highest BCUT2D eigenvalue weighted by Gasteiger charge is 2.15. The first kappa shape index (κ1) is 12.2. The summed E-state index contributed by atoms with van der Waals surface area (Å²) in [7, 11) is 0. The van der Waals surface area contributed by atoms with Gasteiger partial charge in [-0.3, -0.25) is 0 Å². The number of carbonyl (C=O) groups excluding carboxylic acids is 1. The molecule has 1 N–H and O–H groups in total. The van der Waals surface area contributed by atoms with Gasteiger partial charge in [-0.2, -0.15) is 0 Å². The number of rotatable bonds is 1. The van der Waals surface area contributed by atoms with Gasteiger partial charge in [-0.25, -0.2) is 4.79 Å². The van der Waals surface area contributed by atoms with Crippen molar-refractivity contribution in [1.82, 2.24) is 5.32 Å². The molecule has 3 heteroatoms. The minimum Gasteiger partial charge on any atom is -0.457 e. The Hall–Kier alpha value is -0.830. The van der Waals surface area contributed by atoms with Gasteiger partial charge in [-0.15, -0.1) is 0 Å². The van der Waals surface area contributed by atoms with Crippen LogP contribution >= 0.6 is 0 Å². The summed E-state index contributed by atoms with van der Waals surface area (Å²) in [6, 6.07) is 0. The van der Waals surface area contributed by atoms with E-state index in [9.17, 15) is 4.79 Å². The average molecular weight is 211 g/mol. The standard InChI is InChI=1S/C12H21NO2/c1-12(2,3)15-11(14)9-10-5-4-7-13-8-6-10/h9,13H,4-8H2,1-3H3/b10-9+. The van der Waals surface area contributed by atoms with Crippen LogP contribution in [0.5, 0.6) is 0 Å². The molecule has 0 unspecified atom stereocenters. The summed E-state index contributed by atoms with van der Waals surface area (Å²) in [5, 5.41) is 3.31. The summed E-state index contributed by atoms with van der Waals surface area (Å²) in [5.74, 6) is -0.209. The Labute approximate surface area is 91.9 Å². The van der Waals surface area contributed by atoms with E-state index in [1.165, 1.54) is 5.57 Å². The summed E-state index contributed by atoms with van der Waals surface area (Å²) in [5.41, 5.74) is 0.811. The first-order valence-electron chi connectivity index (χ1n) is 5.60. The number of carbonyl (C=O) groups is 1. The topological polar surface area (TPSA) is 38.3 Å². The van der Waals surface area contributed by atoms with Crippen molar-refractivity contribution in [3.63, 3.8) is 0 Å². The zero-order valence-electron chi connectivity index (χ0n) is 9.93. The minimum absolute atomic E-state index is 0.209. The third-order valence-corrected chi connectivity index (χ3v) is 2.20. The Morgan fingerprint density at radius 1 is 1.33 bits per heavy atom. The lowest BCUT2D eigenvalue weighted by Crippen LogP contribution is -2.22. The second-order valence-electron chi connectivity index (χ2n) is 4.94. The molecule has 1 heterocycles. The first-order valence-corrected chi connectivity index (χ1v) is 5.60. The smallest absolute Gasteiger partial charge is 0.331 e. The van der Waals surface area contributed by atoms with E-state index in [2.05, 4.69) is 5.32 Å². The predicted octanol–water partition coefficient (Wildman–Crippen LogP) is 2.03. The summed E-state index contributed by atoms with van der Waals surface area (Å²) >= 11 is 0. The molecule has 0 amide bonds. The molecule has 1 fully saturated rings. The lowest BCUT2D eigenvalue weighted by molar-refractivity contribution is -0.148. The van der Waals surface area contributed by atoms with Crippen molar-refractivity contribution in [2.24, 2.45) is 0 Å². The van der Waals surface area contributed by atoms with Crippen molar-refractivity contribution < 1.29 is 9.53 Å². The van der Waals surface area contributed by atoms with Gasteiger partial charge < -0.3 is 10.1 Å². The minimum atomic E-state index is -0.392. The van der Waals surface area contributed by atoms with Crippen LogP contribution in [0.25, 0.3) is 0 Å². The fraction of sp³-hybridized carbons (Fsp3) is 0.750. The molecule has 0 atom stereocenters. The number of ether oxygens (including phenoxy) is 1. The van der Waals surface area contributed by atoms with E-state index in [0.29, 0.717) is 0 Å². The van der Waals surface area contributed by atoms with Crippen LogP contribution in [0, 0.1) is 0 Å². The first-order chi connectivity index (χ1) is 6.97. The van der Waals surface area contributed by atoms with Crippen molar-refractivity contribution in [2.45, 2.75) is 45.6 Å². The largest absolute Gasteiger partial charge is 0.457 e. The summed E-state index contributed by atoms with van der Waals surface area (Å²) < 4.78 is 5.25. The van der Waals surface area contributed by atoms with Crippen LogP contribution in [0.2, 0.25) is 0 Å². The molecule has 1 saturated heterocycles. The molecule has 0 saturated carbocycles. The maximum atomic E-state index is 11.5. The summed E-state index contributed by atoms with van der Waals surface area (Å²) in [4.78, 5) is 11.5. The molecule has 0 aliphatic carbocycles. The normalized spacial score (nSPS) is 21.1. The van der Waals surface area contributed by atoms with Gasteiger partial charge in [0.05, 0.1) is 0 Å². The van der Waals surface area contributed by atoms with Crippen LogP contribution < -0.4 is 5.32 Å². The fourth-order valence-electron chi connectivity index (χ4n) is 1.58. The van der Waals surface area contributed by atoms with Crippen LogP contribution in [-0.2, 0) is 9.53 Å². The van der Waals surface area contributed by atoms with Gasteiger partial charge in [0.2, 0.25) is 0 Å². The second-order valence-corrected chi connectivity index (χ2v) is 4.94. The Kier molecular flexibility index (Phi) is 4.33. The maximum Gasteiger partial charge on any atom is 0.331 e. The molecule has 0 bridgehead atoms. The van der Waals surface area contributed by atoms with E-state index < -0.39 is 5.60 Å². The van der Waals surface area contributed by atoms with Crippen molar-refractivity contribution in [3.05, 3.63) is 11.6 Å². The van der Waals surface area contributed by atoms with Gasteiger partial charge in [0, 0.05) is 6.08 Å². The number of hydrogen-bond acceptors (Lipinski definition) is 3. The Balaban J connectivity index is 2.49. The quantitative estimate of drug-likeness (QED) is 0.533. The molecule has 1 rings (SSSR count). The number of hydrogen-bond donors (Lipinski definition) is 1. The third kappa shape index (κ3) is 5.57. The molecule has 0 spiro atoms. The van der Waals surface area contributed by atoms with Crippen LogP contribution in [0.15, 0.2) is 11.6 Å². The van der Waals surface area contributed by atoms with Gasteiger partial charge in [0.15, 0.2) is 0 Å². The van der Waals surface area contributed by atoms with Crippen molar-refractivity contribution in [2.75, 3.05) is 13.1 Å². The maximum absolute atomic E-state index is 11.5. The van der Waals surface area contributed by atoms with E-state index >= 15 is 0 Å². The second kappa shape index (κ2) is 5.31. The summed E-state index contributed by atoms with van der Waals surface area (Å²) in [6.45, 7) is 7.68. The molecule has 86 valence electrons. The third-order valence-electron chi connectivity index (χ3n) is 2.20. The van der Waals surface area contributed by atoms with Crippen LogP contribution in [0.3, 0.4) is 0 Å². The van der Waals surface area contributed by atoms with E-state index in [4.69, 9.17) is 4.74 Å². The molecule has 15 heavy (non-hydrogen) atoms. The molecule has 3 nitrogen and oxygen atoms in total. The highest BCUT2D eigenvalue weighted by atomic mass is 16.6. The van der Waals surface area contributed by atoms with E-state index in [1.807, 2.05) is 20.8 Å². The summed E-state index contributed by atoms with van der Waals surface area (Å²) in [6.07, 6.45) is 4.73. The van der Waals surface area contributed by atoms with E-state index in [-0.39, 0.29) is 5.97 Å². The Bertz CT molecular complexity index is 241. The predicted molar refractivity (Wildman–Crippen MR) is 60.6 cm³/mol. The average Bonchev–Trinajstić information content (AvgIpc) is 2.28. The molecular formula is C12H21NO2. The molecule has 0 aromatic heterocycles. The van der Waals surface area contributed by atoms with Crippen LogP contribution in [0.4, 0.5) is 0 Å².